The maximum absolute atomic E-state index is 6.31. The molecule has 0 saturated heterocycles. The maximum Gasteiger partial charge on any atom is 0.0453 e. The molecule has 1 rings (SSSR count). The molecule has 0 amide bonds. The normalized spacial score (nSPS) is 13.4. The lowest BCUT2D eigenvalue weighted by Crippen LogP contribution is -2.36. The average molecular weight is 297 g/mol. The summed E-state index contributed by atoms with van der Waals surface area (Å²) < 4.78 is 0. The van der Waals surface area contributed by atoms with Gasteiger partial charge in [0.1, 0.15) is 0 Å². The second-order valence-corrected chi connectivity index (χ2v) is 6.54. The average Bonchev–Trinajstić information content (AvgIpc) is 2.39. The van der Waals surface area contributed by atoms with E-state index in [9.17, 15) is 0 Å². The maximum atomic E-state index is 6.31. The highest BCUT2D eigenvalue weighted by Gasteiger charge is 2.16. The third kappa shape index (κ3) is 5.43. The number of hydrogen-bond acceptors (Lipinski definition) is 2. The van der Waals surface area contributed by atoms with Crippen LogP contribution >= 0.6 is 11.6 Å². The second kappa shape index (κ2) is 8.66. The minimum atomic E-state index is 0.317. The van der Waals surface area contributed by atoms with Gasteiger partial charge in [0, 0.05) is 30.2 Å². The van der Waals surface area contributed by atoms with E-state index in [0.717, 1.165) is 24.5 Å². The Balaban J connectivity index is 2.67. The van der Waals surface area contributed by atoms with Gasteiger partial charge in [-0.1, -0.05) is 43.6 Å². The molecule has 0 aliphatic carbocycles. The van der Waals surface area contributed by atoms with Crippen molar-refractivity contribution in [1.82, 2.24) is 10.2 Å². The van der Waals surface area contributed by atoms with E-state index < -0.39 is 0 Å². The van der Waals surface area contributed by atoms with Crippen LogP contribution in [0.5, 0.6) is 0 Å². The van der Waals surface area contributed by atoms with Crippen LogP contribution in [0.15, 0.2) is 24.3 Å². The smallest absolute Gasteiger partial charge is 0.0453 e. The van der Waals surface area contributed by atoms with Gasteiger partial charge in [0.2, 0.25) is 0 Å². The molecule has 1 atom stereocenters. The van der Waals surface area contributed by atoms with Crippen molar-refractivity contribution < 1.29 is 0 Å². The van der Waals surface area contributed by atoms with Crippen LogP contribution < -0.4 is 5.32 Å². The lowest BCUT2D eigenvalue weighted by molar-refractivity contribution is 0.188. The summed E-state index contributed by atoms with van der Waals surface area (Å²) in [4.78, 5) is 2.55. The highest BCUT2D eigenvalue weighted by atomic mass is 35.5. The van der Waals surface area contributed by atoms with Crippen molar-refractivity contribution in [3.63, 3.8) is 0 Å². The summed E-state index contributed by atoms with van der Waals surface area (Å²) >= 11 is 6.31. The third-order valence-corrected chi connectivity index (χ3v) is 4.01. The SMILES string of the molecule is CNC(CCN(CC(C)C)C(C)C)c1ccccc1Cl. The third-order valence-electron chi connectivity index (χ3n) is 3.66. The Morgan fingerprint density at radius 3 is 2.30 bits per heavy atom. The van der Waals surface area contributed by atoms with Crippen molar-refractivity contribution >= 4 is 11.6 Å². The monoisotopic (exact) mass is 296 g/mol. The first-order chi connectivity index (χ1) is 9.45. The van der Waals surface area contributed by atoms with Crippen LogP contribution in [-0.4, -0.2) is 31.1 Å². The van der Waals surface area contributed by atoms with Gasteiger partial charge in [-0.15, -0.1) is 0 Å². The molecule has 20 heavy (non-hydrogen) atoms. The second-order valence-electron chi connectivity index (χ2n) is 6.13. The summed E-state index contributed by atoms with van der Waals surface area (Å²) in [6.45, 7) is 11.3. The molecule has 0 heterocycles. The van der Waals surface area contributed by atoms with Crippen molar-refractivity contribution in [2.45, 2.75) is 46.2 Å². The first-order valence-corrected chi connectivity index (χ1v) is 7.99. The van der Waals surface area contributed by atoms with Crippen molar-refractivity contribution in [2.75, 3.05) is 20.1 Å². The van der Waals surface area contributed by atoms with Gasteiger partial charge in [-0.3, -0.25) is 0 Å². The van der Waals surface area contributed by atoms with Crippen molar-refractivity contribution in [2.24, 2.45) is 5.92 Å². The van der Waals surface area contributed by atoms with E-state index >= 15 is 0 Å². The predicted octanol–water partition coefficient (Wildman–Crippen LogP) is 4.36. The molecule has 0 aromatic heterocycles. The molecular weight excluding hydrogens is 268 g/mol. The minimum Gasteiger partial charge on any atom is -0.313 e. The topological polar surface area (TPSA) is 15.3 Å². The lowest BCUT2D eigenvalue weighted by atomic mass is 10.0. The summed E-state index contributed by atoms with van der Waals surface area (Å²) in [5, 5.41) is 4.25. The molecule has 0 aliphatic rings. The van der Waals surface area contributed by atoms with E-state index in [1.54, 1.807) is 0 Å². The molecule has 1 N–H and O–H groups in total. The van der Waals surface area contributed by atoms with E-state index in [2.05, 4.69) is 50.0 Å². The molecule has 0 radical (unpaired) electrons. The molecule has 0 bridgehead atoms. The Kier molecular flexibility index (Phi) is 7.57. The molecule has 2 nitrogen and oxygen atoms in total. The van der Waals surface area contributed by atoms with Crippen LogP contribution in [0, 0.1) is 5.92 Å². The van der Waals surface area contributed by atoms with Gasteiger partial charge in [0.05, 0.1) is 0 Å². The summed E-state index contributed by atoms with van der Waals surface area (Å²) in [5.74, 6) is 0.700. The van der Waals surface area contributed by atoms with Gasteiger partial charge in [0.25, 0.3) is 0 Å². The van der Waals surface area contributed by atoms with Crippen molar-refractivity contribution in [3.8, 4) is 0 Å². The van der Waals surface area contributed by atoms with E-state index in [-0.39, 0.29) is 0 Å². The molecule has 0 spiro atoms. The summed E-state index contributed by atoms with van der Waals surface area (Å²) in [7, 11) is 2.01. The molecule has 3 heteroatoms. The number of hydrogen-bond donors (Lipinski definition) is 1. The molecule has 114 valence electrons. The van der Waals surface area contributed by atoms with Crippen molar-refractivity contribution in [1.29, 1.82) is 0 Å². The highest BCUT2D eigenvalue weighted by Crippen LogP contribution is 2.25. The van der Waals surface area contributed by atoms with Crippen molar-refractivity contribution in [3.05, 3.63) is 34.9 Å². The summed E-state index contributed by atoms with van der Waals surface area (Å²) in [6, 6.07) is 9.03. The Hall–Kier alpha value is -0.570. The van der Waals surface area contributed by atoms with Gasteiger partial charge < -0.3 is 10.2 Å². The minimum absolute atomic E-state index is 0.317. The van der Waals surface area contributed by atoms with Crippen LogP contribution in [0.3, 0.4) is 0 Å². The lowest BCUT2D eigenvalue weighted by Gasteiger charge is -2.30. The van der Waals surface area contributed by atoms with Crippen LogP contribution in [-0.2, 0) is 0 Å². The zero-order chi connectivity index (χ0) is 15.1. The first kappa shape index (κ1) is 17.5. The molecule has 1 unspecified atom stereocenters. The van der Waals surface area contributed by atoms with E-state index in [1.165, 1.54) is 5.56 Å². The first-order valence-electron chi connectivity index (χ1n) is 7.61. The van der Waals surface area contributed by atoms with Crippen LogP contribution in [0.25, 0.3) is 0 Å². The van der Waals surface area contributed by atoms with Gasteiger partial charge in [-0.25, -0.2) is 0 Å². The van der Waals surface area contributed by atoms with E-state index in [0.29, 0.717) is 18.0 Å². The number of rotatable bonds is 8. The van der Waals surface area contributed by atoms with Gasteiger partial charge >= 0.3 is 0 Å². The fraction of sp³-hybridized carbons (Fsp3) is 0.647. The number of benzene rings is 1. The molecular formula is C17H29ClN2. The van der Waals surface area contributed by atoms with Crippen LogP contribution in [0.1, 0.15) is 45.7 Å². The van der Waals surface area contributed by atoms with Gasteiger partial charge in [-0.05, 0) is 44.9 Å². The van der Waals surface area contributed by atoms with E-state index in [4.69, 9.17) is 11.6 Å². The largest absolute Gasteiger partial charge is 0.313 e. The molecule has 0 saturated carbocycles. The van der Waals surface area contributed by atoms with Crippen LogP contribution in [0.4, 0.5) is 0 Å². The zero-order valence-corrected chi connectivity index (χ0v) is 14.2. The fourth-order valence-electron chi connectivity index (χ4n) is 2.54. The Bertz CT molecular complexity index is 390. The number of halogens is 1. The Labute approximate surface area is 129 Å². The zero-order valence-electron chi connectivity index (χ0n) is 13.5. The highest BCUT2D eigenvalue weighted by molar-refractivity contribution is 6.31. The summed E-state index contributed by atoms with van der Waals surface area (Å²) in [6.07, 6.45) is 1.07. The standard InChI is InChI=1S/C17H29ClN2/c1-13(2)12-20(14(3)4)11-10-17(19-5)15-8-6-7-9-16(15)18/h6-9,13-14,17,19H,10-12H2,1-5H3. The van der Waals surface area contributed by atoms with Crippen LogP contribution in [0.2, 0.25) is 5.02 Å². The molecule has 0 fully saturated rings. The molecule has 1 aromatic rings. The van der Waals surface area contributed by atoms with Gasteiger partial charge in [-0.2, -0.15) is 0 Å². The summed E-state index contributed by atoms with van der Waals surface area (Å²) in [5.41, 5.74) is 1.20. The number of nitrogens with zero attached hydrogens (tertiary/aromatic N) is 1. The molecule has 1 aromatic carbocycles. The predicted molar refractivity (Wildman–Crippen MR) is 89.4 cm³/mol. The Morgan fingerprint density at radius 1 is 1.15 bits per heavy atom. The van der Waals surface area contributed by atoms with Gasteiger partial charge in [0.15, 0.2) is 0 Å². The van der Waals surface area contributed by atoms with E-state index in [1.807, 2.05) is 19.2 Å². The Morgan fingerprint density at radius 2 is 1.80 bits per heavy atom. The molecule has 0 aliphatic heterocycles. The quantitative estimate of drug-likeness (QED) is 0.767. The fourth-order valence-corrected chi connectivity index (χ4v) is 2.80. The number of nitrogens with one attached hydrogen (secondary N) is 1.